The maximum atomic E-state index is 13.3. The van der Waals surface area contributed by atoms with Crippen molar-refractivity contribution in [2.75, 3.05) is 13.2 Å². The van der Waals surface area contributed by atoms with Crippen LogP contribution in [0.3, 0.4) is 0 Å². The number of hydrogen-bond acceptors (Lipinski definition) is 4. The van der Waals surface area contributed by atoms with E-state index in [2.05, 4.69) is 10.4 Å². The molecule has 2 aromatic rings. The van der Waals surface area contributed by atoms with E-state index in [0.717, 1.165) is 0 Å². The molecular formula is C17H16F3N3O4. The molecule has 3 rings (SSSR count). The standard InChI is InChI=1S/C17H16F3N3O4/c18-17(19,20)14-13(16(25)26)9-21-23(14)12-3-1-10(2-4-12)15(24)22-11-5-7-27-8-6-11/h1-4,9,11H,5-8H2,(H,22,24)(H,25,26). The van der Waals surface area contributed by atoms with Gasteiger partial charge in [0, 0.05) is 24.8 Å². The molecular weight excluding hydrogens is 367 g/mol. The van der Waals surface area contributed by atoms with Crippen molar-refractivity contribution in [2.24, 2.45) is 0 Å². The van der Waals surface area contributed by atoms with Crippen LogP contribution in [0.25, 0.3) is 5.69 Å². The quantitative estimate of drug-likeness (QED) is 0.846. The summed E-state index contributed by atoms with van der Waals surface area (Å²) in [6, 6.07) is 5.30. The lowest BCUT2D eigenvalue weighted by Gasteiger charge is -2.23. The maximum Gasteiger partial charge on any atom is 0.434 e. The Morgan fingerprint density at radius 2 is 1.81 bits per heavy atom. The number of aromatic carboxylic acids is 1. The van der Waals surface area contributed by atoms with Crippen LogP contribution in [0.5, 0.6) is 0 Å². The van der Waals surface area contributed by atoms with Gasteiger partial charge >= 0.3 is 12.1 Å². The molecule has 2 heterocycles. The number of amides is 1. The van der Waals surface area contributed by atoms with Crippen molar-refractivity contribution in [2.45, 2.75) is 25.1 Å². The molecule has 7 nitrogen and oxygen atoms in total. The number of alkyl halides is 3. The molecule has 1 saturated heterocycles. The summed E-state index contributed by atoms with van der Waals surface area (Å²) in [4.78, 5) is 23.3. The number of hydrogen-bond donors (Lipinski definition) is 2. The van der Waals surface area contributed by atoms with Crippen molar-refractivity contribution >= 4 is 11.9 Å². The van der Waals surface area contributed by atoms with E-state index in [0.29, 0.717) is 36.9 Å². The average molecular weight is 383 g/mol. The molecule has 27 heavy (non-hydrogen) atoms. The third kappa shape index (κ3) is 4.11. The van der Waals surface area contributed by atoms with E-state index in [9.17, 15) is 22.8 Å². The number of nitrogens with zero attached hydrogens (tertiary/aromatic N) is 2. The van der Waals surface area contributed by atoms with E-state index < -0.39 is 23.4 Å². The normalized spacial score (nSPS) is 15.5. The third-order valence-corrected chi connectivity index (χ3v) is 4.20. The zero-order valence-electron chi connectivity index (χ0n) is 14.0. The van der Waals surface area contributed by atoms with Crippen LogP contribution in [0.1, 0.15) is 39.3 Å². The van der Waals surface area contributed by atoms with Crippen LogP contribution < -0.4 is 5.32 Å². The number of carbonyl (C=O) groups is 2. The molecule has 0 atom stereocenters. The monoisotopic (exact) mass is 383 g/mol. The summed E-state index contributed by atoms with van der Waals surface area (Å²) in [5, 5.41) is 15.3. The van der Waals surface area contributed by atoms with Gasteiger partial charge in [0.25, 0.3) is 5.91 Å². The maximum absolute atomic E-state index is 13.3. The van der Waals surface area contributed by atoms with Gasteiger partial charge in [-0.05, 0) is 37.1 Å². The summed E-state index contributed by atoms with van der Waals surface area (Å²) >= 11 is 0. The second kappa shape index (κ2) is 7.39. The van der Waals surface area contributed by atoms with Gasteiger partial charge in [0.15, 0.2) is 5.69 Å². The Labute approximate surface area is 151 Å². The molecule has 1 aromatic carbocycles. The van der Waals surface area contributed by atoms with Gasteiger partial charge in [-0.2, -0.15) is 18.3 Å². The summed E-state index contributed by atoms with van der Waals surface area (Å²) < 4.78 is 45.5. The van der Waals surface area contributed by atoms with E-state index in [1.165, 1.54) is 24.3 Å². The molecule has 0 saturated carbocycles. The first kappa shape index (κ1) is 18.9. The van der Waals surface area contributed by atoms with E-state index in [1.54, 1.807) is 0 Å². The molecule has 0 spiro atoms. The molecule has 1 aromatic heterocycles. The van der Waals surface area contributed by atoms with Crippen LogP contribution in [0.2, 0.25) is 0 Å². The van der Waals surface area contributed by atoms with Crippen molar-refractivity contribution in [1.29, 1.82) is 0 Å². The van der Waals surface area contributed by atoms with Crippen molar-refractivity contribution in [3.8, 4) is 5.69 Å². The van der Waals surface area contributed by atoms with Gasteiger partial charge in [0.1, 0.15) is 5.56 Å². The molecule has 1 amide bonds. The Morgan fingerprint density at radius 1 is 1.19 bits per heavy atom. The molecule has 0 unspecified atom stereocenters. The molecule has 1 fully saturated rings. The van der Waals surface area contributed by atoms with Crippen molar-refractivity contribution in [3.63, 3.8) is 0 Å². The molecule has 1 aliphatic heterocycles. The number of ether oxygens (including phenoxy) is 1. The first-order valence-corrected chi connectivity index (χ1v) is 8.15. The lowest BCUT2D eigenvalue weighted by atomic mass is 10.1. The number of halogens is 3. The lowest BCUT2D eigenvalue weighted by molar-refractivity contribution is -0.143. The molecule has 0 radical (unpaired) electrons. The third-order valence-electron chi connectivity index (χ3n) is 4.20. The summed E-state index contributed by atoms with van der Waals surface area (Å²) in [7, 11) is 0. The van der Waals surface area contributed by atoms with Crippen LogP contribution in [0.15, 0.2) is 30.5 Å². The number of nitrogens with one attached hydrogen (secondary N) is 1. The minimum absolute atomic E-state index is 0.00237. The fraction of sp³-hybridized carbons (Fsp3) is 0.353. The van der Waals surface area contributed by atoms with E-state index in [-0.39, 0.29) is 23.2 Å². The predicted molar refractivity (Wildman–Crippen MR) is 86.8 cm³/mol. The number of carboxylic acids is 1. The Bertz CT molecular complexity index is 840. The van der Waals surface area contributed by atoms with Gasteiger partial charge in [-0.15, -0.1) is 0 Å². The van der Waals surface area contributed by atoms with E-state index in [4.69, 9.17) is 9.84 Å². The Balaban J connectivity index is 1.83. The highest BCUT2D eigenvalue weighted by atomic mass is 19.4. The Hall–Kier alpha value is -2.88. The molecule has 10 heteroatoms. The average Bonchev–Trinajstić information content (AvgIpc) is 3.08. The van der Waals surface area contributed by atoms with Crippen molar-refractivity contribution < 1.29 is 32.6 Å². The van der Waals surface area contributed by atoms with Gasteiger partial charge in [0.2, 0.25) is 0 Å². The first-order chi connectivity index (χ1) is 12.8. The SMILES string of the molecule is O=C(NC1CCOCC1)c1ccc(-n2ncc(C(=O)O)c2C(F)(F)F)cc1. The lowest BCUT2D eigenvalue weighted by Crippen LogP contribution is -2.38. The fourth-order valence-electron chi connectivity index (χ4n) is 2.84. The minimum atomic E-state index is -4.90. The molecule has 1 aliphatic rings. The summed E-state index contributed by atoms with van der Waals surface area (Å²) in [5.41, 5.74) is -2.04. The predicted octanol–water partition coefficient (Wildman–Crippen LogP) is 2.50. The molecule has 2 N–H and O–H groups in total. The van der Waals surface area contributed by atoms with Crippen LogP contribution in [0, 0.1) is 0 Å². The highest BCUT2D eigenvalue weighted by molar-refractivity contribution is 5.94. The van der Waals surface area contributed by atoms with E-state index in [1.807, 2.05) is 0 Å². The highest BCUT2D eigenvalue weighted by Crippen LogP contribution is 2.33. The smallest absolute Gasteiger partial charge is 0.434 e. The first-order valence-electron chi connectivity index (χ1n) is 8.15. The van der Waals surface area contributed by atoms with Crippen molar-refractivity contribution in [1.82, 2.24) is 15.1 Å². The van der Waals surface area contributed by atoms with Crippen molar-refractivity contribution in [3.05, 3.63) is 47.3 Å². The molecule has 0 bridgehead atoms. The topological polar surface area (TPSA) is 93.5 Å². The van der Waals surface area contributed by atoms with Gasteiger partial charge in [-0.3, -0.25) is 4.79 Å². The number of carboxylic acid groups (broad SMARTS) is 1. The van der Waals surface area contributed by atoms with Gasteiger partial charge in [-0.1, -0.05) is 0 Å². The number of aromatic nitrogens is 2. The minimum Gasteiger partial charge on any atom is -0.478 e. The van der Waals surface area contributed by atoms with Crippen LogP contribution >= 0.6 is 0 Å². The second-order valence-corrected chi connectivity index (χ2v) is 6.03. The number of rotatable bonds is 4. The second-order valence-electron chi connectivity index (χ2n) is 6.03. The van der Waals surface area contributed by atoms with Gasteiger partial charge in [0.05, 0.1) is 11.9 Å². The number of benzene rings is 1. The fourth-order valence-corrected chi connectivity index (χ4v) is 2.84. The summed E-state index contributed by atoms with van der Waals surface area (Å²) in [6.45, 7) is 1.13. The van der Waals surface area contributed by atoms with Crippen LogP contribution in [0.4, 0.5) is 13.2 Å². The summed E-state index contributed by atoms with van der Waals surface area (Å²) in [5.74, 6) is -2.06. The molecule has 0 aliphatic carbocycles. The number of carbonyl (C=O) groups excluding carboxylic acids is 1. The van der Waals surface area contributed by atoms with Crippen LogP contribution in [-0.2, 0) is 10.9 Å². The van der Waals surface area contributed by atoms with Gasteiger partial charge in [-0.25, -0.2) is 9.48 Å². The van der Waals surface area contributed by atoms with E-state index >= 15 is 0 Å². The zero-order valence-corrected chi connectivity index (χ0v) is 14.0. The molecule has 144 valence electrons. The summed E-state index contributed by atoms with van der Waals surface area (Å²) in [6.07, 6.45) is -2.85. The Morgan fingerprint density at radius 3 is 2.37 bits per heavy atom. The van der Waals surface area contributed by atoms with Gasteiger partial charge < -0.3 is 15.2 Å². The zero-order chi connectivity index (χ0) is 19.6. The Kier molecular flexibility index (Phi) is 5.17. The highest BCUT2D eigenvalue weighted by Gasteiger charge is 2.40. The van der Waals surface area contributed by atoms with Crippen LogP contribution in [-0.4, -0.2) is 46.0 Å². The largest absolute Gasteiger partial charge is 0.478 e.